The first-order valence-corrected chi connectivity index (χ1v) is 7.01. The van der Waals surface area contributed by atoms with Gasteiger partial charge in [0.05, 0.1) is 18.8 Å². The third-order valence-corrected chi connectivity index (χ3v) is 4.83. The fourth-order valence-electron chi connectivity index (χ4n) is 2.80. The molecule has 1 saturated heterocycles. The number of aryl methyl sites for hydroxylation is 2. The molecule has 2 aliphatic rings. The fraction of sp³-hybridized carbons (Fsp3) is 0.750. The highest BCUT2D eigenvalue weighted by molar-refractivity contribution is 7.11. The van der Waals surface area contributed by atoms with Crippen LogP contribution in [-0.4, -0.2) is 34.2 Å². The van der Waals surface area contributed by atoms with Crippen molar-refractivity contribution in [3.05, 3.63) is 15.6 Å². The smallest absolute Gasteiger partial charge is 0.107 e. The van der Waals surface area contributed by atoms with Gasteiger partial charge in [-0.2, -0.15) is 0 Å². The molecule has 0 aromatic carbocycles. The Balaban J connectivity index is 1.69. The second-order valence-electron chi connectivity index (χ2n) is 4.78. The van der Waals surface area contributed by atoms with E-state index in [9.17, 15) is 5.11 Å². The number of hydrogen-bond donors (Lipinski definition) is 1. The van der Waals surface area contributed by atoms with Crippen LogP contribution in [0.3, 0.4) is 0 Å². The molecular formula is C12H18N2OS. The Bertz CT molecular complexity index is 356. The molecule has 4 heteroatoms. The molecule has 1 aromatic heterocycles. The van der Waals surface area contributed by atoms with Gasteiger partial charge in [0, 0.05) is 10.9 Å². The average molecular weight is 238 g/mol. The Morgan fingerprint density at radius 2 is 2.31 bits per heavy atom. The molecule has 3 rings (SSSR count). The molecule has 1 aromatic rings. The van der Waals surface area contributed by atoms with Gasteiger partial charge in [-0.3, -0.25) is 4.90 Å². The maximum absolute atomic E-state index is 9.27. The topological polar surface area (TPSA) is 36.4 Å². The first-order chi connectivity index (χ1) is 7.86. The quantitative estimate of drug-likeness (QED) is 0.868. The van der Waals surface area contributed by atoms with E-state index in [2.05, 4.69) is 4.90 Å². The molecule has 1 aliphatic carbocycles. The second-order valence-corrected chi connectivity index (χ2v) is 5.95. The molecule has 0 saturated carbocycles. The molecule has 0 amide bonds. The minimum atomic E-state index is 0.297. The van der Waals surface area contributed by atoms with Crippen LogP contribution in [0.1, 0.15) is 34.8 Å². The number of rotatable bonds is 3. The SMILES string of the molecule is OC[C@@H]1CCCN1Cc1nc2c(s1)CCC2. The zero-order valence-electron chi connectivity index (χ0n) is 9.48. The van der Waals surface area contributed by atoms with E-state index in [1.165, 1.54) is 41.3 Å². The minimum absolute atomic E-state index is 0.297. The summed E-state index contributed by atoms with van der Waals surface area (Å²) < 4.78 is 0. The molecule has 0 radical (unpaired) electrons. The summed E-state index contributed by atoms with van der Waals surface area (Å²) in [7, 11) is 0. The van der Waals surface area contributed by atoms with Crippen molar-refractivity contribution in [3.63, 3.8) is 0 Å². The number of likely N-dealkylation sites (tertiary alicyclic amines) is 1. The summed E-state index contributed by atoms with van der Waals surface area (Å²) in [6.45, 7) is 2.36. The van der Waals surface area contributed by atoms with E-state index < -0.39 is 0 Å². The predicted octanol–water partition coefficient (Wildman–Crippen LogP) is 1.59. The second kappa shape index (κ2) is 4.43. The number of thiazole rings is 1. The summed E-state index contributed by atoms with van der Waals surface area (Å²) >= 11 is 1.89. The minimum Gasteiger partial charge on any atom is -0.395 e. The zero-order valence-corrected chi connectivity index (χ0v) is 10.3. The largest absolute Gasteiger partial charge is 0.395 e. The number of hydrogen-bond acceptors (Lipinski definition) is 4. The van der Waals surface area contributed by atoms with Gasteiger partial charge in [-0.25, -0.2) is 4.98 Å². The van der Waals surface area contributed by atoms with Gasteiger partial charge in [-0.1, -0.05) is 0 Å². The molecule has 3 nitrogen and oxygen atoms in total. The lowest BCUT2D eigenvalue weighted by Gasteiger charge is -2.21. The summed E-state index contributed by atoms with van der Waals surface area (Å²) in [5.41, 5.74) is 1.35. The van der Waals surface area contributed by atoms with Crippen LogP contribution in [0.4, 0.5) is 0 Å². The number of fused-ring (bicyclic) bond motifs is 1. The van der Waals surface area contributed by atoms with E-state index in [0.29, 0.717) is 12.6 Å². The highest BCUT2D eigenvalue weighted by atomic mass is 32.1. The van der Waals surface area contributed by atoms with Gasteiger partial charge in [0.1, 0.15) is 5.01 Å². The van der Waals surface area contributed by atoms with Crippen LogP contribution >= 0.6 is 11.3 Å². The van der Waals surface area contributed by atoms with Crippen molar-refractivity contribution >= 4 is 11.3 Å². The van der Waals surface area contributed by atoms with Crippen LogP contribution in [0.5, 0.6) is 0 Å². The standard InChI is InChI=1S/C12H18N2OS/c15-8-9-3-2-6-14(9)7-12-13-10-4-1-5-11(10)16-12/h9,15H,1-8H2/t9-/m0/s1. The van der Waals surface area contributed by atoms with Crippen molar-refractivity contribution in [2.75, 3.05) is 13.2 Å². The molecule has 2 heterocycles. The highest BCUT2D eigenvalue weighted by Crippen LogP contribution is 2.29. The first kappa shape index (κ1) is 10.7. The maximum Gasteiger partial charge on any atom is 0.107 e. The van der Waals surface area contributed by atoms with Crippen molar-refractivity contribution in [2.24, 2.45) is 0 Å². The Morgan fingerprint density at radius 1 is 1.38 bits per heavy atom. The Hall–Kier alpha value is -0.450. The highest BCUT2D eigenvalue weighted by Gasteiger charge is 2.25. The van der Waals surface area contributed by atoms with Crippen LogP contribution < -0.4 is 0 Å². The maximum atomic E-state index is 9.27. The first-order valence-electron chi connectivity index (χ1n) is 6.19. The van der Waals surface area contributed by atoms with E-state index in [-0.39, 0.29) is 0 Å². The van der Waals surface area contributed by atoms with Crippen LogP contribution in [0.15, 0.2) is 0 Å². The molecule has 1 aliphatic heterocycles. The van der Waals surface area contributed by atoms with Crippen molar-refractivity contribution in [3.8, 4) is 0 Å². The van der Waals surface area contributed by atoms with Gasteiger partial charge in [0.2, 0.25) is 0 Å². The molecule has 1 atom stereocenters. The number of nitrogens with zero attached hydrogens (tertiary/aromatic N) is 2. The molecule has 1 fully saturated rings. The van der Waals surface area contributed by atoms with Crippen LogP contribution in [0.25, 0.3) is 0 Å². The van der Waals surface area contributed by atoms with E-state index >= 15 is 0 Å². The molecule has 0 bridgehead atoms. The van der Waals surface area contributed by atoms with Gasteiger partial charge in [-0.05, 0) is 38.6 Å². The van der Waals surface area contributed by atoms with Crippen molar-refractivity contribution in [2.45, 2.75) is 44.7 Å². The van der Waals surface area contributed by atoms with E-state index in [1.807, 2.05) is 11.3 Å². The number of aromatic nitrogens is 1. The van der Waals surface area contributed by atoms with Gasteiger partial charge < -0.3 is 5.11 Å². The monoisotopic (exact) mass is 238 g/mol. The summed E-state index contributed by atoms with van der Waals surface area (Å²) in [4.78, 5) is 8.61. The summed E-state index contributed by atoms with van der Waals surface area (Å²) in [5, 5.41) is 10.5. The third kappa shape index (κ3) is 1.90. The van der Waals surface area contributed by atoms with Gasteiger partial charge >= 0.3 is 0 Å². The molecule has 0 unspecified atom stereocenters. The van der Waals surface area contributed by atoms with Gasteiger partial charge in [0.25, 0.3) is 0 Å². The van der Waals surface area contributed by atoms with Crippen molar-refractivity contribution < 1.29 is 5.11 Å². The van der Waals surface area contributed by atoms with Gasteiger partial charge in [0.15, 0.2) is 0 Å². The fourth-order valence-corrected chi connectivity index (χ4v) is 3.98. The lowest BCUT2D eigenvalue weighted by Crippen LogP contribution is -2.31. The molecule has 88 valence electrons. The Morgan fingerprint density at radius 3 is 3.12 bits per heavy atom. The van der Waals surface area contributed by atoms with Crippen LogP contribution in [0.2, 0.25) is 0 Å². The van der Waals surface area contributed by atoms with E-state index in [0.717, 1.165) is 19.5 Å². The zero-order chi connectivity index (χ0) is 11.0. The predicted molar refractivity (Wildman–Crippen MR) is 64.7 cm³/mol. The van der Waals surface area contributed by atoms with E-state index in [1.54, 1.807) is 0 Å². The summed E-state index contributed by atoms with van der Waals surface area (Å²) in [5.74, 6) is 0. The normalized spacial score (nSPS) is 25.2. The molecule has 16 heavy (non-hydrogen) atoms. The lowest BCUT2D eigenvalue weighted by atomic mass is 10.2. The average Bonchev–Trinajstić information content (AvgIpc) is 2.92. The molecule has 1 N–H and O–H groups in total. The lowest BCUT2D eigenvalue weighted by molar-refractivity contribution is 0.153. The van der Waals surface area contributed by atoms with Crippen LogP contribution in [-0.2, 0) is 19.4 Å². The molecule has 0 spiro atoms. The summed E-state index contributed by atoms with van der Waals surface area (Å²) in [6.07, 6.45) is 6.06. The third-order valence-electron chi connectivity index (χ3n) is 3.69. The van der Waals surface area contributed by atoms with Crippen molar-refractivity contribution in [1.82, 2.24) is 9.88 Å². The number of aliphatic hydroxyl groups excluding tert-OH is 1. The summed E-state index contributed by atoms with van der Waals surface area (Å²) in [6, 6.07) is 0.374. The van der Waals surface area contributed by atoms with Gasteiger partial charge in [-0.15, -0.1) is 11.3 Å². The molecular weight excluding hydrogens is 220 g/mol. The Labute approximate surface area is 100 Å². The number of aliphatic hydroxyl groups is 1. The van der Waals surface area contributed by atoms with Crippen LogP contribution in [0, 0.1) is 0 Å². The van der Waals surface area contributed by atoms with Crippen molar-refractivity contribution in [1.29, 1.82) is 0 Å². The van der Waals surface area contributed by atoms with E-state index in [4.69, 9.17) is 4.98 Å². The Kier molecular flexibility index (Phi) is 2.96.